The molecule has 0 aliphatic heterocycles. The molecule has 0 radical (unpaired) electrons. The normalized spacial score (nSPS) is 11.6. The van der Waals surface area contributed by atoms with Crippen LogP contribution in [0.1, 0.15) is 12.8 Å². The predicted octanol–water partition coefficient (Wildman–Crippen LogP) is 4.34. The topological polar surface area (TPSA) is 12.0 Å². The van der Waals surface area contributed by atoms with Crippen LogP contribution in [-0.2, 0) is 0 Å². The standard InChI is InChI=1S/C10H10BrF4N/c11-8-3-2-7(6-9(8)12)16-5-1-4-10(13,14)15/h2-3,6,16H,1,4-5H2. The van der Waals surface area contributed by atoms with Crippen molar-refractivity contribution in [1.82, 2.24) is 0 Å². The van der Waals surface area contributed by atoms with Crippen LogP contribution in [0.4, 0.5) is 23.2 Å². The summed E-state index contributed by atoms with van der Waals surface area (Å²) < 4.78 is 48.8. The van der Waals surface area contributed by atoms with Gasteiger partial charge in [-0.15, -0.1) is 0 Å². The number of hydrogen-bond acceptors (Lipinski definition) is 1. The van der Waals surface area contributed by atoms with Crippen LogP contribution in [-0.4, -0.2) is 12.7 Å². The number of anilines is 1. The van der Waals surface area contributed by atoms with Gasteiger partial charge in [-0.3, -0.25) is 0 Å². The van der Waals surface area contributed by atoms with Gasteiger partial charge in [0.15, 0.2) is 0 Å². The molecule has 1 rings (SSSR count). The van der Waals surface area contributed by atoms with Crippen LogP contribution >= 0.6 is 15.9 Å². The fraction of sp³-hybridized carbons (Fsp3) is 0.400. The van der Waals surface area contributed by atoms with Gasteiger partial charge in [-0.25, -0.2) is 4.39 Å². The van der Waals surface area contributed by atoms with E-state index in [4.69, 9.17) is 0 Å². The van der Waals surface area contributed by atoms with Crippen molar-refractivity contribution in [2.75, 3.05) is 11.9 Å². The molecule has 1 nitrogen and oxygen atoms in total. The predicted molar refractivity (Wildman–Crippen MR) is 57.9 cm³/mol. The van der Waals surface area contributed by atoms with Gasteiger partial charge in [-0.05, 0) is 40.5 Å². The first-order chi connectivity index (χ1) is 7.38. The lowest BCUT2D eigenvalue weighted by molar-refractivity contribution is -0.134. The van der Waals surface area contributed by atoms with Crippen molar-refractivity contribution in [3.8, 4) is 0 Å². The number of hydrogen-bond donors (Lipinski definition) is 1. The van der Waals surface area contributed by atoms with Crippen LogP contribution in [0.2, 0.25) is 0 Å². The largest absolute Gasteiger partial charge is 0.389 e. The molecule has 0 aliphatic rings. The van der Waals surface area contributed by atoms with Crippen molar-refractivity contribution in [3.05, 3.63) is 28.5 Å². The minimum atomic E-state index is -4.13. The number of nitrogens with one attached hydrogen (secondary N) is 1. The van der Waals surface area contributed by atoms with E-state index in [1.54, 1.807) is 6.07 Å². The second kappa shape index (κ2) is 5.52. The van der Waals surface area contributed by atoms with Crippen LogP contribution in [0.25, 0.3) is 0 Å². The maximum absolute atomic E-state index is 13.0. The molecule has 0 amide bonds. The van der Waals surface area contributed by atoms with Crippen LogP contribution in [0.15, 0.2) is 22.7 Å². The average molecular weight is 300 g/mol. The fourth-order valence-corrected chi connectivity index (χ4v) is 1.37. The molecule has 1 N–H and O–H groups in total. The smallest absolute Gasteiger partial charge is 0.385 e. The number of alkyl halides is 3. The molecule has 0 fully saturated rings. The molecule has 0 saturated heterocycles. The Balaban J connectivity index is 2.35. The Bertz CT molecular complexity index is 351. The van der Waals surface area contributed by atoms with Gasteiger partial charge in [0.05, 0.1) is 4.47 Å². The summed E-state index contributed by atoms with van der Waals surface area (Å²) in [5.74, 6) is -0.444. The third kappa shape index (κ3) is 4.83. The summed E-state index contributed by atoms with van der Waals surface area (Å²) in [6, 6.07) is 4.33. The van der Waals surface area contributed by atoms with E-state index in [2.05, 4.69) is 21.2 Å². The minimum absolute atomic E-state index is 0.0266. The minimum Gasteiger partial charge on any atom is -0.385 e. The maximum atomic E-state index is 13.0. The molecular formula is C10H10BrF4N. The molecule has 6 heteroatoms. The second-order valence-corrected chi connectivity index (χ2v) is 4.13. The molecule has 0 unspecified atom stereocenters. The molecule has 0 heterocycles. The molecule has 90 valence electrons. The first-order valence-electron chi connectivity index (χ1n) is 4.64. The lowest BCUT2D eigenvalue weighted by Gasteiger charge is -2.08. The Morgan fingerprint density at radius 1 is 1.25 bits per heavy atom. The third-order valence-corrected chi connectivity index (χ3v) is 2.53. The molecular weight excluding hydrogens is 290 g/mol. The van der Waals surface area contributed by atoms with Gasteiger partial charge >= 0.3 is 6.18 Å². The highest BCUT2D eigenvalue weighted by Crippen LogP contribution is 2.22. The van der Waals surface area contributed by atoms with E-state index in [0.29, 0.717) is 10.2 Å². The van der Waals surface area contributed by atoms with Crippen molar-refractivity contribution in [2.24, 2.45) is 0 Å². The highest BCUT2D eigenvalue weighted by atomic mass is 79.9. The molecule has 1 aromatic carbocycles. The van der Waals surface area contributed by atoms with Crippen molar-refractivity contribution in [1.29, 1.82) is 0 Å². The summed E-state index contributed by atoms with van der Waals surface area (Å²) in [5, 5.41) is 2.72. The highest BCUT2D eigenvalue weighted by Gasteiger charge is 2.25. The van der Waals surface area contributed by atoms with E-state index in [1.807, 2.05) is 0 Å². The Morgan fingerprint density at radius 3 is 2.50 bits per heavy atom. The Labute approximate surface area is 99.0 Å². The summed E-state index contributed by atoms with van der Waals surface area (Å²) in [5.41, 5.74) is 0.475. The summed E-state index contributed by atoms with van der Waals surface area (Å²) >= 11 is 2.99. The Morgan fingerprint density at radius 2 is 1.94 bits per heavy atom. The van der Waals surface area contributed by atoms with Gasteiger partial charge in [0, 0.05) is 18.7 Å². The second-order valence-electron chi connectivity index (χ2n) is 3.27. The SMILES string of the molecule is Fc1cc(NCCCC(F)(F)F)ccc1Br. The monoisotopic (exact) mass is 299 g/mol. The van der Waals surface area contributed by atoms with E-state index in [1.165, 1.54) is 12.1 Å². The lowest BCUT2D eigenvalue weighted by Crippen LogP contribution is -2.10. The van der Waals surface area contributed by atoms with Crippen molar-refractivity contribution in [2.45, 2.75) is 19.0 Å². The van der Waals surface area contributed by atoms with E-state index in [-0.39, 0.29) is 13.0 Å². The van der Waals surface area contributed by atoms with Gasteiger partial charge in [0.25, 0.3) is 0 Å². The molecule has 0 spiro atoms. The van der Waals surface area contributed by atoms with E-state index >= 15 is 0 Å². The molecule has 0 bridgehead atoms. The maximum Gasteiger partial charge on any atom is 0.389 e. The molecule has 0 aliphatic carbocycles. The van der Waals surface area contributed by atoms with Gasteiger partial charge in [-0.1, -0.05) is 0 Å². The number of benzene rings is 1. The molecule has 0 atom stereocenters. The first-order valence-corrected chi connectivity index (χ1v) is 5.43. The van der Waals surface area contributed by atoms with Crippen molar-refractivity contribution >= 4 is 21.6 Å². The van der Waals surface area contributed by atoms with Crippen molar-refractivity contribution in [3.63, 3.8) is 0 Å². The van der Waals surface area contributed by atoms with E-state index in [9.17, 15) is 17.6 Å². The summed E-state index contributed by atoms with van der Waals surface area (Å²) in [4.78, 5) is 0. The lowest BCUT2D eigenvalue weighted by atomic mass is 10.2. The fourth-order valence-electron chi connectivity index (χ4n) is 1.13. The average Bonchev–Trinajstić information content (AvgIpc) is 2.17. The summed E-state index contributed by atoms with van der Waals surface area (Å²) in [6.45, 7) is 0.167. The van der Waals surface area contributed by atoms with Crippen LogP contribution in [0.3, 0.4) is 0 Å². The molecule has 0 aromatic heterocycles. The zero-order valence-corrected chi connectivity index (χ0v) is 9.83. The summed E-state index contributed by atoms with van der Waals surface area (Å²) in [7, 11) is 0. The molecule has 0 saturated carbocycles. The number of rotatable bonds is 4. The Hall–Kier alpha value is -0.780. The van der Waals surface area contributed by atoms with E-state index < -0.39 is 18.4 Å². The van der Waals surface area contributed by atoms with E-state index in [0.717, 1.165) is 0 Å². The first kappa shape index (κ1) is 13.3. The quantitative estimate of drug-likeness (QED) is 0.644. The third-order valence-electron chi connectivity index (χ3n) is 1.89. The number of halogens is 5. The zero-order chi connectivity index (χ0) is 12.2. The van der Waals surface area contributed by atoms with Crippen LogP contribution in [0.5, 0.6) is 0 Å². The van der Waals surface area contributed by atoms with Crippen molar-refractivity contribution < 1.29 is 17.6 Å². The van der Waals surface area contributed by atoms with Gasteiger partial charge in [0.1, 0.15) is 5.82 Å². The molecule has 16 heavy (non-hydrogen) atoms. The van der Waals surface area contributed by atoms with Crippen LogP contribution in [0, 0.1) is 5.82 Å². The van der Waals surface area contributed by atoms with Gasteiger partial charge in [-0.2, -0.15) is 13.2 Å². The molecule has 1 aromatic rings. The Kier molecular flexibility index (Phi) is 4.58. The van der Waals surface area contributed by atoms with Gasteiger partial charge in [0.2, 0.25) is 0 Å². The van der Waals surface area contributed by atoms with Gasteiger partial charge < -0.3 is 5.32 Å². The zero-order valence-electron chi connectivity index (χ0n) is 8.24. The summed E-state index contributed by atoms with van der Waals surface area (Å²) in [6.07, 6.45) is -4.99. The highest BCUT2D eigenvalue weighted by molar-refractivity contribution is 9.10. The van der Waals surface area contributed by atoms with Crippen LogP contribution < -0.4 is 5.32 Å².